The molecule has 34 heavy (non-hydrogen) atoms. The van der Waals surface area contributed by atoms with Crippen LogP contribution in [0.2, 0.25) is 0 Å². The maximum absolute atomic E-state index is 12.2. The van der Waals surface area contributed by atoms with E-state index in [4.69, 9.17) is 4.52 Å². The zero-order chi connectivity index (χ0) is 25.0. The molecule has 0 fully saturated rings. The van der Waals surface area contributed by atoms with Crippen molar-refractivity contribution in [1.82, 2.24) is 0 Å². The van der Waals surface area contributed by atoms with Crippen LogP contribution in [0.15, 0.2) is 0 Å². The summed E-state index contributed by atoms with van der Waals surface area (Å²) < 4.78 is 17.5. The molecule has 206 valence electrons. The molecule has 1 atom stereocenters. The predicted octanol–water partition coefficient (Wildman–Crippen LogP) is 11.4. The second-order valence-corrected chi connectivity index (χ2v) is 12.7. The third-order valence-electron chi connectivity index (χ3n) is 7.09. The Morgan fingerprint density at radius 2 is 0.706 bits per heavy atom. The van der Waals surface area contributed by atoms with Crippen LogP contribution in [0.1, 0.15) is 181 Å². The van der Waals surface area contributed by atoms with Crippen LogP contribution in [0, 0.1) is 0 Å². The molecular formula is C30H63O3P. The Morgan fingerprint density at radius 3 is 1.03 bits per heavy atom. The molecule has 0 aromatic heterocycles. The smallest absolute Gasteiger partial charge is 0.324 e. The lowest BCUT2D eigenvalue weighted by molar-refractivity contribution is 0.251. The van der Waals surface area contributed by atoms with Crippen molar-refractivity contribution in [3.05, 3.63) is 0 Å². The Labute approximate surface area is 215 Å². The average molecular weight is 503 g/mol. The molecule has 0 saturated carbocycles. The van der Waals surface area contributed by atoms with E-state index in [0.29, 0.717) is 12.8 Å². The van der Waals surface area contributed by atoms with E-state index in [0.717, 1.165) is 25.7 Å². The van der Waals surface area contributed by atoms with Crippen molar-refractivity contribution in [2.24, 2.45) is 0 Å². The van der Waals surface area contributed by atoms with Crippen molar-refractivity contribution in [3.8, 4) is 0 Å². The lowest BCUT2D eigenvalue weighted by atomic mass is 10.0. The first kappa shape index (κ1) is 34.1. The maximum atomic E-state index is 12.2. The van der Waals surface area contributed by atoms with Crippen LogP contribution in [-0.4, -0.2) is 17.7 Å². The van der Waals surface area contributed by atoms with Gasteiger partial charge in [0.2, 0.25) is 0 Å². The molecule has 1 N–H and O–H groups in total. The SMILES string of the molecule is CCCCCCCCCCCCCCCCCCP(=O)(O)OCCCCCCCCCCCC. The van der Waals surface area contributed by atoms with Crippen molar-refractivity contribution in [3.63, 3.8) is 0 Å². The number of hydrogen-bond donors (Lipinski definition) is 1. The molecule has 3 nitrogen and oxygen atoms in total. The molecule has 0 rings (SSSR count). The highest BCUT2D eigenvalue weighted by Crippen LogP contribution is 2.43. The molecule has 0 aromatic carbocycles. The lowest BCUT2D eigenvalue weighted by Gasteiger charge is -2.12. The molecule has 0 aromatic rings. The van der Waals surface area contributed by atoms with Crippen LogP contribution in [0.3, 0.4) is 0 Å². The summed E-state index contributed by atoms with van der Waals surface area (Å²) in [5, 5.41) is 0. The molecule has 0 aliphatic heterocycles. The van der Waals surface area contributed by atoms with Crippen molar-refractivity contribution in [1.29, 1.82) is 0 Å². The topological polar surface area (TPSA) is 46.5 Å². The fourth-order valence-corrected chi connectivity index (χ4v) is 5.89. The van der Waals surface area contributed by atoms with Gasteiger partial charge in [-0.05, 0) is 12.8 Å². The van der Waals surface area contributed by atoms with Crippen molar-refractivity contribution >= 4 is 7.60 Å². The van der Waals surface area contributed by atoms with Crippen LogP contribution >= 0.6 is 7.60 Å². The average Bonchev–Trinajstić information content (AvgIpc) is 2.82. The minimum Gasteiger partial charge on any atom is -0.324 e. The van der Waals surface area contributed by atoms with E-state index in [1.807, 2.05) is 0 Å². The molecule has 0 aliphatic rings. The third-order valence-corrected chi connectivity index (χ3v) is 8.55. The fraction of sp³-hybridized carbons (Fsp3) is 1.00. The van der Waals surface area contributed by atoms with Crippen LogP contribution in [-0.2, 0) is 9.09 Å². The first-order valence-electron chi connectivity index (χ1n) is 15.6. The molecular weight excluding hydrogens is 439 g/mol. The fourth-order valence-electron chi connectivity index (χ4n) is 4.72. The quantitative estimate of drug-likeness (QED) is 0.0817. The van der Waals surface area contributed by atoms with E-state index in [1.165, 1.54) is 141 Å². The predicted molar refractivity (Wildman–Crippen MR) is 152 cm³/mol. The standard InChI is InChI=1S/C30H63O3P/c1-3-5-7-9-11-13-15-16-17-18-19-20-22-24-26-28-30-34(31,32)33-29-27-25-23-21-14-12-10-8-6-4-2/h3-30H2,1-2H3,(H,31,32). The zero-order valence-corrected chi connectivity index (χ0v) is 24.4. The Kier molecular flexibility index (Phi) is 27.9. The number of rotatable bonds is 29. The van der Waals surface area contributed by atoms with Gasteiger partial charge in [0, 0.05) is 6.16 Å². The summed E-state index contributed by atoms with van der Waals surface area (Å²) in [5.41, 5.74) is 0. The highest BCUT2D eigenvalue weighted by atomic mass is 31.2. The van der Waals surface area contributed by atoms with Gasteiger partial charge < -0.3 is 9.42 Å². The number of unbranched alkanes of at least 4 members (excludes halogenated alkanes) is 24. The Balaban J connectivity index is 3.28. The van der Waals surface area contributed by atoms with Crippen LogP contribution < -0.4 is 0 Å². The minimum atomic E-state index is -3.36. The third kappa shape index (κ3) is 28.4. The molecule has 0 radical (unpaired) electrons. The summed E-state index contributed by atoms with van der Waals surface area (Å²) in [6, 6.07) is 0. The molecule has 1 unspecified atom stereocenters. The van der Waals surface area contributed by atoms with Gasteiger partial charge >= 0.3 is 7.60 Å². The monoisotopic (exact) mass is 502 g/mol. The molecule has 0 amide bonds. The van der Waals surface area contributed by atoms with Crippen LogP contribution in [0.5, 0.6) is 0 Å². The van der Waals surface area contributed by atoms with E-state index in [9.17, 15) is 9.46 Å². The van der Waals surface area contributed by atoms with E-state index in [-0.39, 0.29) is 0 Å². The van der Waals surface area contributed by atoms with Crippen LogP contribution in [0.25, 0.3) is 0 Å². The van der Waals surface area contributed by atoms with E-state index in [1.54, 1.807) is 0 Å². The Morgan fingerprint density at radius 1 is 0.441 bits per heavy atom. The zero-order valence-electron chi connectivity index (χ0n) is 23.5. The van der Waals surface area contributed by atoms with Crippen molar-refractivity contribution in [2.45, 2.75) is 181 Å². The molecule has 0 bridgehead atoms. The van der Waals surface area contributed by atoms with Gasteiger partial charge in [0.25, 0.3) is 0 Å². The largest absolute Gasteiger partial charge is 0.328 e. The van der Waals surface area contributed by atoms with Crippen LogP contribution in [0.4, 0.5) is 0 Å². The first-order chi connectivity index (χ1) is 16.6. The summed E-state index contributed by atoms with van der Waals surface area (Å²) >= 11 is 0. The minimum absolute atomic E-state index is 0.337. The Bertz CT molecular complexity index is 427. The van der Waals surface area contributed by atoms with E-state index in [2.05, 4.69) is 13.8 Å². The second-order valence-electron chi connectivity index (χ2n) is 10.7. The summed E-state index contributed by atoms with van der Waals surface area (Å²) in [6.07, 6.45) is 34.2. The van der Waals surface area contributed by atoms with Gasteiger partial charge in [-0.15, -0.1) is 0 Å². The van der Waals surface area contributed by atoms with Gasteiger partial charge in [0.05, 0.1) is 6.61 Å². The molecule has 4 heteroatoms. The van der Waals surface area contributed by atoms with E-state index < -0.39 is 7.60 Å². The normalized spacial score (nSPS) is 13.4. The summed E-state index contributed by atoms with van der Waals surface area (Å²) in [7, 11) is -3.36. The van der Waals surface area contributed by atoms with Gasteiger partial charge in [-0.25, -0.2) is 0 Å². The van der Waals surface area contributed by atoms with Gasteiger partial charge in [-0.3, -0.25) is 4.57 Å². The highest BCUT2D eigenvalue weighted by molar-refractivity contribution is 7.52. The Hall–Kier alpha value is 0.150. The summed E-state index contributed by atoms with van der Waals surface area (Å²) in [5.74, 6) is 0. The lowest BCUT2D eigenvalue weighted by Crippen LogP contribution is -1.97. The van der Waals surface area contributed by atoms with E-state index >= 15 is 0 Å². The van der Waals surface area contributed by atoms with Crippen molar-refractivity contribution in [2.75, 3.05) is 12.8 Å². The first-order valence-corrected chi connectivity index (χ1v) is 17.3. The van der Waals surface area contributed by atoms with Gasteiger partial charge in [-0.2, -0.15) is 0 Å². The summed E-state index contributed by atoms with van der Waals surface area (Å²) in [4.78, 5) is 10.0. The van der Waals surface area contributed by atoms with Gasteiger partial charge in [0.1, 0.15) is 0 Å². The van der Waals surface area contributed by atoms with Crippen molar-refractivity contribution < 1.29 is 14.0 Å². The molecule has 0 saturated heterocycles. The van der Waals surface area contributed by atoms with Gasteiger partial charge in [0.15, 0.2) is 0 Å². The van der Waals surface area contributed by atoms with Gasteiger partial charge in [-0.1, -0.05) is 168 Å². The number of hydrogen-bond acceptors (Lipinski definition) is 2. The maximum Gasteiger partial charge on any atom is 0.328 e. The summed E-state index contributed by atoms with van der Waals surface area (Å²) in [6.45, 7) is 4.99. The molecule has 0 heterocycles. The highest BCUT2D eigenvalue weighted by Gasteiger charge is 2.17. The second kappa shape index (κ2) is 27.7. The molecule has 0 aliphatic carbocycles. The molecule has 0 spiro atoms.